The summed E-state index contributed by atoms with van der Waals surface area (Å²) in [6.07, 6.45) is 0.222. The molecule has 2 N–H and O–H groups in total. The van der Waals surface area contributed by atoms with E-state index in [4.69, 9.17) is 4.74 Å². The Bertz CT molecular complexity index is 500. The van der Waals surface area contributed by atoms with Crippen molar-refractivity contribution in [2.45, 2.75) is 6.42 Å². The highest BCUT2D eigenvalue weighted by atomic mass is 16.6. The normalized spacial score (nSPS) is 9.68. The monoisotopic (exact) mass is 256 g/mol. The lowest BCUT2D eigenvalue weighted by atomic mass is 10.2. The first-order valence-electron chi connectivity index (χ1n) is 6.12. The van der Waals surface area contributed by atoms with Crippen LogP contribution in [0.25, 0.3) is 0 Å². The third kappa shape index (κ3) is 4.71. The summed E-state index contributed by atoms with van der Waals surface area (Å²) in [4.78, 5) is 11.4. The summed E-state index contributed by atoms with van der Waals surface area (Å²) in [7, 11) is 0. The Kier molecular flexibility index (Phi) is 4.81. The highest BCUT2D eigenvalue weighted by Crippen LogP contribution is 2.03. The molecule has 0 aliphatic heterocycles. The molecular weight excluding hydrogens is 240 g/mol. The highest BCUT2D eigenvalue weighted by molar-refractivity contribution is 5.69. The van der Waals surface area contributed by atoms with Crippen LogP contribution < -0.4 is 10.9 Å². The number of ether oxygens (including phenoxy) is 1. The van der Waals surface area contributed by atoms with Crippen molar-refractivity contribution in [2.75, 3.05) is 12.0 Å². The van der Waals surface area contributed by atoms with Crippen LogP contribution in [-0.2, 0) is 11.2 Å². The second-order valence-electron chi connectivity index (χ2n) is 3.99. The predicted octanol–water partition coefficient (Wildman–Crippen LogP) is 2.98. The van der Waals surface area contributed by atoms with Crippen LogP contribution in [0.4, 0.5) is 10.5 Å². The molecule has 0 bridgehead atoms. The lowest BCUT2D eigenvalue weighted by molar-refractivity contribution is 0.149. The van der Waals surface area contributed by atoms with Crippen molar-refractivity contribution in [3.8, 4) is 0 Å². The van der Waals surface area contributed by atoms with Crippen LogP contribution in [0.3, 0.4) is 0 Å². The lowest BCUT2D eigenvalue weighted by Gasteiger charge is -2.09. The molecule has 19 heavy (non-hydrogen) atoms. The van der Waals surface area contributed by atoms with Crippen molar-refractivity contribution in [1.82, 2.24) is 5.43 Å². The van der Waals surface area contributed by atoms with Gasteiger partial charge in [0.15, 0.2) is 0 Å². The van der Waals surface area contributed by atoms with Crippen molar-refractivity contribution in [3.05, 3.63) is 66.2 Å². The predicted molar refractivity (Wildman–Crippen MR) is 74.7 cm³/mol. The van der Waals surface area contributed by atoms with E-state index in [1.54, 1.807) is 0 Å². The van der Waals surface area contributed by atoms with E-state index < -0.39 is 6.09 Å². The van der Waals surface area contributed by atoms with Gasteiger partial charge in [0.2, 0.25) is 0 Å². The molecule has 0 heterocycles. The van der Waals surface area contributed by atoms with Crippen LogP contribution in [0, 0.1) is 0 Å². The van der Waals surface area contributed by atoms with Gasteiger partial charge in [0.05, 0.1) is 12.3 Å². The SMILES string of the molecule is O=C(NNc1ccccc1)OCCc1ccccc1. The molecule has 0 aromatic heterocycles. The van der Waals surface area contributed by atoms with Gasteiger partial charge in [0.25, 0.3) is 0 Å². The van der Waals surface area contributed by atoms with E-state index >= 15 is 0 Å². The van der Waals surface area contributed by atoms with Crippen LogP contribution in [0.15, 0.2) is 60.7 Å². The first-order chi connectivity index (χ1) is 9.34. The summed E-state index contributed by atoms with van der Waals surface area (Å²) < 4.78 is 5.06. The van der Waals surface area contributed by atoms with E-state index in [2.05, 4.69) is 10.9 Å². The van der Waals surface area contributed by atoms with Crippen LogP contribution in [-0.4, -0.2) is 12.7 Å². The molecule has 2 aromatic carbocycles. The second-order valence-corrected chi connectivity index (χ2v) is 3.99. The van der Waals surface area contributed by atoms with Crippen molar-refractivity contribution >= 4 is 11.8 Å². The van der Waals surface area contributed by atoms with Crippen LogP contribution >= 0.6 is 0 Å². The third-order valence-electron chi connectivity index (χ3n) is 2.55. The summed E-state index contributed by atoms with van der Waals surface area (Å²) in [6.45, 7) is 0.353. The van der Waals surface area contributed by atoms with Gasteiger partial charge in [0, 0.05) is 6.42 Å². The molecule has 0 radical (unpaired) electrons. The zero-order chi connectivity index (χ0) is 13.3. The minimum absolute atomic E-state index is 0.353. The van der Waals surface area contributed by atoms with Gasteiger partial charge in [-0.2, -0.15) is 0 Å². The Morgan fingerprint density at radius 3 is 2.26 bits per heavy atom. The van der Waals surface area contributed by atoms with E-state index in [9.17, 15) is 4.79 Å². The molecular formula is C15H16N2O2. The fraction of sp³-hybridized carbons (Fsp3) is 0.133. The maximum absolute atomic E-state index is 11.4. The molecule has 0 aliphatic carbocycles. The number of anilines is 1. The maximum atomic E-state index is 11.4. The Hall–Kier alpha value is -2.49. The molecule has 2 rings (SSSR count). The number of benzene rings is 2. The molecule has 1 amide bonds. The first-order valence-corrected chi connectivity index (χ1v) is 6.12. The number of hydrogen-bond donors (Lipinski definition) is 2. The Balaban J connectivity index is 1.65. The van der Waals surface area contributed by atoms with Gasteiger partial charge in [-0.1, -0.05) is 48.5 Å². The van der Waals surface area contributed by atoms with Crippen molar-refractivity contribution < 1.29 is 9.53 Å². The molecule has 0 saturated carbocycles. The molecule has 98 valence electrons. The number of para-hydroxylation sites is 1. The molecule has 4 heteroatoms. The molecule has 4 nitrogen and oxygen atoms in total. The molecule has 0 atom stereocenters. The number of hydrazine groups is 1. The van der Waals surface area contributed by atoms with E-state index in [0.717, 1.165) is 11.3 Å². The molecule has 0 unspecified atom stereocenters. The zero-order valence-corrected chi connectivity index (χ0v) is 10.5. The average Bonchev–Trinajstić information content (AvgIpc) is 2.47. The zero-order valence-electron chi connectivity index (χ0n) is 10.5. The Morgan fingerprint density at radius 2 is 1.58 bits per heavy atom. The minimum Gasteiger partial charge on any atom is -0.448 e. The van der Waals surface area contributed by atoms with Gasteiger partial charge < -0.3 is 4.74 Å². The fourth-order valence-corrected chi connectivity index (χ4v) is 1.59. The standard InChI is InChI=1S/C15H16N2O2/c18-15(17-16-14-9-5-2-6-10-14)19-12-11-13-7-3-1-4-8-13/h1-10,16H,11-12H2,(H,17,18). The number of rotatable bonds is 5. The molecule has 0 aliphatic rings. The van der Waals surface area contributed by atoms with Gasteiger partial charge >= 0.3 is 6.09 Å². The topological polar surface area (TPSA) is 50.4 Å². The Labute approximate surface area is 112 Å². The molecule has 2 aromatic rings. The van der Waals surface area contributed by atoms with Gasteiger partial charge in [-0.25, -0.2) is 10.2 Å². The van der Waals surface area contributed by atoms with Gasteiger partial charge in [-0.05, 0) is 17.7 Å². The van der Waals surface area contributed by atoms with E-state index in [1.807, 2.05) is 60.7 Å². The van der Waals surface area contributed by atoms with Crippen molar-refractivity contribution in [2.24, 2.45) is 0 Å². The Morgan fingerprint density at radius 1 is 0.947 bits per heavy atom. The van der Waals surface area contributed by atoms with Crippen LogP contribution in [0.2, 0.25) is 0 Å². The number of hydrogen-bond acceptors (Lipinski definition) is 3. The molecule has 0 spiro atoms. The largest absolute Gasteiger partial charge is 0.448 e. The van der Waals surface area contributed by atoms with Gasteiger partial charge in [-0.3, -0.25) is 5.43 Å². The van der Waals surface area contributed by atoms with Crippen LogP contribution in [0.5, 0.6) is 0 Å². The summed E-state index contributed by atoms with van der Waals surface area (Å²) >= 11 is 0. The van der Waals surface area contributed by atoms with Gasteiger partial charge in [-0.15, -0.1) is 0 Å². The highest BCUT2D eigenvalue weighted by Gasteiger charge is 2.01. The lowest BCUT2D eigenvalue weighted by Crippen LogP contribution is -2.30. The smallest absolute Gasteiger partial charge is 0.425 e. The van der Waals surface area contributed by atoms with E-state index in [1.165, 1.54) is 0 Å². The number of amides is 1. The first kappa shape index (κ1) is 13.0. The van der Waals surface area contributed by atoms with Crippen molar-refractivity contribution in [3.63, 3.8) is 0 Å². The number of carbonyl (C=O) groups is 1. The quantitative estimate of drug-likeness (QED) is 0.809. The second kappa shape index (κ2) is 7.06. The third-order valence-corrected chi connectivity index (χ3v) is 2.55. The van der Waals surface area contributed by atoms with Gasteiger partial charge in [0.1, 0.15) is 0 Å². The summed E-state index contributed by atoms with van der Waals surface area (Å²) in [5.41, 5.74) is 7.20. The van der Waals surface area contributed by atoms with Crippen LogP contribution in [0.1, 0.15) is 5.56 Å². The summed E-state index contributed by atoms with van der Waals surface area (Å²) in [5.74, 6) is 0. The number of carbonyl (C=O) groups excluding carboxylic acids is 1. The summed E-state index contributed by atoms with van der Waals surface area (Å²) in [6, 6.07) is 19.3. The molecule has 0 saturated heterocycles. The van der Waals surface area contributed by atoms with E-state index in [0.29, 0.717) is 13.0 Å². The molecule has 0 fully saturated rings. The fourth-order valence-electron chi connectivity index (χ4n) is 1.59. The van der Waals surface area contributed by atoms with Crippen molar-refractivity contribution in [1.29, 1.82) is 0 Å². The number of nitrogens with one attached hydrogen (secondary N) is 2. The van der Waals surface area contributed by atoms with E-state index in [-0.39, 0.29) is 0 Å². The minimum atomic E-state index is -0.486. The average molecular weight is 256 g/mol. The maximum Gasteiger partial charge on any atom is 0.425 e. The summed E-state index contributed by atoms with van der Waals surface area (Å²) in [5, 5.41) is 0.